The number of anilines is 1. The third-order valence-corrected chi connectivity index (χ3v) is 2.78. The summed E-state index contributed by atoms with van der Waals surface area (Å²) in [5.74, 6) is -0.192. The molecule has 2 N–H and O–H groups in total. The zero-order valence-electron chi connectivity index (χ0n) is 10.5. The molecule has 0 amide bonds. The Morgan fingerprint density at radius 1 is 1.41 bits per heavy atom. The molecule has 4 heteroatoms. The Kier molecular flexibility index (Phi) is 4.37. The van der Waals surface area contributed by atoms with Gasteiger partial charge < -0.3 is 15.2 Å². The van der Waals surface area contributed by atoms with Crippen LogP contribution in [-0.4, -0.2) is 23.2 Å². The second-order valence-corrected chi connectivity index (χ2v) is 4.04. The quantitative estimate of drug-likeness (QED) is 0.798. The monoisotopic (exact) mass is 237 g/mol. The van der Waals surface area contributed by atoms with E-state index < -0.39 is 11.5 Å². The highest BCUT2D eigenvalue weighted by atomic mass is 16.5. The SMILES string of the molecule is CCOc1ccccc1NC(C)(CC)C(=O)O. The zero-order valence-corrected chi connectivity index (χ0v) is 10.5. The molecule has 0 fully saturated rings. The molecular formula is C13H19NO3. The normalized spacial score (nSPS) is 13.8. The number of carboxylic acids is 1. The largest absolute Gasteiger partial charge is 0.492 e. The Bertz CT molecular complexity index is 392. The molecule has 1 atom stereocenters. The second kappa shape index (κ2) is 5.57. The first-order chi connectivity index (χ1) is 8.03. The Morgan fingerprint density at radius 2 is 2.06 bits per heavy atom. The van der Waals surface area contributed by atoms with Crippen LogP contribution in [0.15, 0.2) is 24.3 Å². The lowest BCUT2D eigenvalue weighted by molar-refractivity contribution is -0.141. The van der Waals surface area contributed by atoms with Gasteiger partial charge in [0, 0.05) is 0 Å². The van der Waals surface area contributed by atoms with Crippen LogP contribution < -0.4 is 10.1 Å². The summed E-state index contributed by atoms with van der Waals surface area (Å²) in [6.45, 7) is 5.95. The summed E-state index contributed by atoms with van der Waals surface area (Å²) < 4.78 is 5.45. The maximum Gasteiger partial charge on any atom is 0.329 e. The number of carbonyl (C=O) groups is 1. The van der Waals surface area contributed by atoms with Crippen molar-refractivity contribution in [2.75, 3.05) is 11.9 Å². The molecule has 0 saturated carbocycles. The fourth-order valence-electron chi connectivity index (χ4n) is 1.44. The molecule has 0 aliphatic heterocycles. The molecule has 0 spiro atoms. The van der Waals surface area contributed by atoms with Gasteiger partial charge >= 0.3 is 5.97 Å². The Hall–Kier alpha value is -1.71. The molecule has 1 aromatic carbocycles. The van der Waals surface area contributed by atoms with Gasteiger partial charge in [0.1, 0.15) is 11.3 Å². The smallest absolute Gasteiger partial charge is 0.329 e. The lowest BCUT2D eigenvalue weighted by Crippen LogP contribution is -2.42. The summed E-state index contributed by atoms with van der Waals surface area (Å²) in [4.78, 5) is 11.2. The minimum Gasteiger partial charge on any atom is -0.492 e. The van der Waals surface area contributed by atoms with Crippen molar-refractivity contribution in [2.45, 2.75) is 32.7 Å². The fourth-order valence-corrected chi connectivity index (χ4v) is 1.44. The van der Waals surface area contributed by atoms with Crippen molar-refractivity contribution < 1.29 is 14.6 Å². The van der Waals surface area contributed by atoms with E-state index in [1.165, 1.54) is 0 Å². The van der Waals surface area contributed by atoms with E-state index in [1.807, 2.05) is 38.1 Å². The van der Waals surface area contributed by atoms with Crippen molar-refractivity contribution in [2.24, 2.45) is 0 Å². The zero-order chi connectivity index (χ0) is 12.9. The molecular weight excluding hydrogens is 218 g/mol. The molecule has 4 nitrogen and oxygen atoms in total. The summed E-state index contributed by atoms with van der Waals surface area (Å²) in [5.41, 5.74) is -0.270. The molecule has 1 rings (SSSR count). The molecule has 0 aliphatic carbocycles. The first-order valence-electron chi connectivity index (χ1n) is 5.77. The van der Waals surface area contributed by atoms with Crippen molar-refractivity contribution in [3.05, 3.63) is 24.3 Å². The molecule has 0 bridgehead atoms. The van der Waals surface area contributed by atoms with Crippen LogP contribution in [-0.2, 0) is 4.79 Å². The van der Waals surface area contributed by atoms with Gasteiger partial charge in [0.2, 0.25) is 0 Å². The van der Waals surface area contributed by atoms with Crippen molar-refractivity contribution in [1.29, 1.82) is 0 Å². The Labute approximate surface area is 102 Å². The van der Waals surface area contributed by atoms with Gasteiger partial charge in [0.25, 0.3) is 0 Å². The van der Waals surface area contributed by atoms with Crippen LogP contribution >= 0.6 is 0 Å². The third-order valence-electron chi connectivity index (χ3n) is 2.78. The average molecular weight is 237 g/mol. The van der Waals surface area contributed by atoms with Gasteiger partial charge in [-0.15, -0.1) is 0 Å². The highest BCUT2D eigenvalue weighted by Crippen LogP contribution is 2.28. The van der Waals surface area contributed by atoms with Gasteiger partial charge in [0.15, 0.2) is 0 Å². The second-order valence-electron chi connectivity index (χ2n) is 4.04. The predicted octanol–water partition coefficient (Wildman–Crippen LogP) is 2.75. The number of aliphatic carboxylic acids is 1. The minimum atomic E-state index is -0.979. The topological polar surface area (TPSA) is 58.6 Å². The Morgan fingerprint density at radius 3 is 2.59 bits per heavy atom. The summed E-state index contributed by atoms with van der Waals surface area (Å²) in [5, 5.41) is 12.2. The number of benzene rings is 1. The summed E-state index contributed by atoms with van der Waals surface area (Å²) in [6.07, 6.45) is 0.489. The van der Waals surface area contributed by atoms with E-state index in [4.69, 9.17) is 4.74 Å². The average Bonchev–Trinajstić information content (AvgIpc) is 2.31. The van der Waals surface area contributed by atoms with E-state index in [0.29, 0.717) is 24.5 Å². The van der Waals surface area contributed by atoms with Gasteiger partial charge in [-0.3, -0.25) is 0 Å². The van der Waals surface area contributed by atoms with E-state index in [-0.39, 0.29) is 0 Å². The molecule has 1 unspecified atom stereocenters. The van der Waals surface area contributed by atoms with Crippen molar-refractivity contribution in [3.63, 3.8) is 0 Å². The molecule has 0 heterocycles. The Balaban J connectivity index is 2.97. The number of nitrogens with one attached hydrogen (secondary N) is 1. The van der Waals surface area contributed by atoms with Gasteiger partial charge in [-0.1, -0.05) is 19.1 Å². The number of rotatable bonds is 6. The predicted molar refractivity (Wildman–Crippen MR) is 67.6 cm³/mol. The molecule has 0 radical (unpaired) electrons. The fraction of sp³-hybridized carbons (Fsp3) is 0.462. The van der Waals surface area contributed by atoms with Crippen molar-refractivity contribution in [1.82, 2.24) is 0 Å². The molecule has 17 heavy (non-hydrogen) atoms. The van der Waals surface area contributed by atoms with E-state index in [1.54, 1.807) is 6.92 Å². The van der Waals surface area contributed by atoms with Crippen LogP contribution in [0.3, 0.4) is 0 Å². The maximum atomic E-state index is 11.2. The molecule has 0 aromatic heterocycles. The van der Waals surface area contributed by atoms with Gasteiger partial charge in [-0.25, -0.2) is 4.79 Å². The number of hydrogen-bond donors (Lipinski definition) is 2. The standard InChI is InChI=1S/C13H19NO3/c1-4-13(3,12(15)16)14-10-8-6-7-9-11(10)17-5-2/h6-9,14H,4-5H2,1-3H3,(H,15,16). The van der Waals surface area contributed by atoms with E-state index >= 15 is 0 Å². The first kappa shape index (κ1) is 13.4. The number of para-hydroxylation sites is 2. The highest BCUT2D eigenvalue weighted by Gasteiger charge is 2.31. The van der Waals surface area contributed by atoms with Crippen LogP contribution in [0.4, 0.5) is 5.69 Å². The van der Waals surface area contributed by atoms with Crippen LogP contribution in [0.1, 0.15) is 27.2 Å². The maximum absolute atomic E-state index is 11.2. The first-order valence-corrected chi connectivity index (χ1v) is 5.77. The van der Waals surface area contributed by atoms with E-state index in [2.05, 4.69) is 5.32 Å². The third kappa shape index (κ3) is 3.12. The van der Waals surface area contributed by atoms with E-state index in [9.17, 15) is 9.90 Å². The summed E-state index contributed by atoms with van der Waals surface area (Å²) in [6, 6.07) is 7.36. The molecule has 0 aliphatic rings. The van der Waals surface area contributed by atoms with Crippen LogP contribution in [0.25, 0.3) is 0 Å². The summed E-state index contributed by atoms with van der Waals surface area (Å²) >= 11 is 0. The number of carboxylic acid groups (broad SMARTS) is 1. The molecule has 0 saturated heterocycles. The minimum absolute atomic E-state index is 0.489. The number of ether oxygens (including phenoxy) is 1. The van der Waals surface area contributed by atoms with Crippen molar-refractivity contribution in [3.8, 4) is 5.75 Å². The van der Waals surface area contributed by atoms with Crippen molar-refractivity contribution >= 4 is 11.7 Å². The van der Waals surface area contributed by atoms with Crippen LogP contribution in [0, 0.1) is 0 Å². The van der Waals surface area contributed by atoms with Gasteiger partial charge in [-0.2, -0.15) is 0 Å². The highest BCUT2D eigenvalue weighted by molar-refractivity contribution is 5.82. The van der Waals surface area contributed by atoms with Crippen LogP contribution in [0.5, 0.6) is 5.75 Å². The van der Waals surface area contributed by atoms with Crippen LogP contribution in [0.2, 0.25) is 0 Å². The van der Waals surface area contributed by atoms with E-state index in [0.717, 1.165) is 0 Å². The lowest BCUT2D eigenvalue weighted by atomic mass is 9.98. The number of hydrogen-bond acceptors (Lipinski definition) is 3. The van der Waals surface area contributed by atoms with Gasteiger partial charge in [0.05, 0.1) is 12.3 Å². The lowest BCUT2D eigenvalue weighted by Gasteiger charge is -2.27. The molecule has 1 aromatic rings. The van der Waals surface area contributed by atoms with Gasteiger partial charge in [-0.05, 0) is 32.4 Å². The molecule has 94 valence electrons. The summed E-state index contributed by atoms with van der Waals surface area (Å²) in [7, 11) is 0.